The van der Waals surface area contributed by atoms with Gasteiger partial charge in [0.25, 0.3) is 0 Å². The minimum atomic E-state index is -0.171. The van der Waals surface area contributed by atoms with Gasteiger partial charge in [-0.3, -0.25) is 4.79 Å². The van der Waals surface area contributed by atoms with Gasteiger partial charge in [-0.2, -0.15) is 5.26 Å². The van der Waals surface area contributed by atoms with Gasteiger partial charge in [-0.25, -0.2) is 0 Å². The van der Waals surface area contributed by atoms with Crippen LogP contribution in [-0.4, -0.2) is 19.6 Å². The smallest absolute Gasteiger partial charge is 0.225 e. The van der Waals surface area contributed by atoms with Crippen LogP contribution in [0.4, 0.5) is 0 Å². The lowest BCUT2D eigenvalue weighted by Gasteiger charge is -2.12. The number of nitrogens with zero attached hydrogens (tertiary/aromatic N) is 1. The first-order valence-electron chi connectivity index (χ1n) is 5.36. The normalized spacial score (nSPS) is 9.53. The Balaban J connectivity index is 2.90. The largest absolute Gasteiger partial charge is 0.496 e. The first kappa shape index (κ1) is 13.0. The van der Waals surface area contributed by atoms with Crippen molar-refractivity contribution in [2.24, 2.45) is 0 Å². The molecule has 1 amide bonds. The lowest BCUT2D eigenvalue weighted by Crippen LogP contribution is -2.25. The molecular weight excluding hydrogens is 216 g/mol. The van der Waals surface area contributed by atoms with E-state index in [9.17, 15) is 4.79 Å². The zero-order valence-electron chi connectivity index (χ0n) is 10.3. The van der Waals surface area contributed by atoms with Crippen LogP contribution in [0.1, 0.15) is 16.7 Å². The number of rotatable bonds is 4. The summed E-state index contributed by atoms with van der Waals surface area (Å²) in [5.41, 5.74) is 2.95. The molecule has 0 aliphatic heterocycles. The number of nitrogens with one attached hydrogen (secondary N) is 1. The number of hydrogen-bond donors (Lipinski definition) is 1. The van der Waals surface area contributed by atoms with Gasteiger partial charge >= 0.3 is 0 Å². The van der Waals surface area contributed by atoms with Gasteiger partial charge in [-0.1, -0.05) is 17.7 Å². The molecule has 0 unspecified atom stereocenters. The molecule has 0 atom stereocenters. The van der Waals surface area contributed by atoms with Crippen LogP contribution >= 0.6 is 0 Å². The van der Waals surface area contributed by atoms with Crippen molar-refractivity contribution in [1.82, 2.24) is 5.32 Å². The Hall–Kier alpha value is -2.02. The van der Waals surface area contributed by atoms with Gasteiger partial charge < -0.3 is 10.1 Å². The molecule has 0 aromatic heterocycles. The summed E-state index contributed by atoms with van der Waals surface area (Å²) >= 11 is 0. The number of hydrogen-bond acceptors (Lipinski definition) is 3. The second kappa shape index (κ2) is 5.90. The Bertz CT molecular complexity index is 461. The van der Waals surface area contributed by atoms with E-state index in [-0.39, 0.29) is 18.9 Å². The fourth-order valence-electron chi connectivity index (χ4n) is 1.84. The molecule has 0 radical (unpaired) electrons. The van der Waals surface area contributed by atoms with E-state index in [1.165, 1.54) is 0 Å². The van der Waals surface area contributed by atoms with E-state index in [1.54, 1.807) is 7.11 Å². The molecule has 0 aliphatic rings. The second-order valence-corrected chi connectivity index (χ2v) is 3.89. The number of methoxy groups -OCH3 is 1. The molecule has 17 heavy (non-hydrogen) atoms. The average Bonchev–Trinajstić information content (AvgIpc) is 2.25. The molecule has 0 aliphatic carbocycles. The fraction of sp³-hybridized carbons (Fsp3) is 0.385. The lowest BCUT2D eigenvalue weighted by atomic mass is 10.0. The van der Waals surface area contributed by atoms with Crippen molar-refractivity contribution in [1.29, 1.82) is 5.26 Å². The summed E-state index contributed by atoms with van der Waals surface area (Å²) in [4.78, 5) is 11.5. The minimum Gasteiger partial charge on any atom is -0.496 e. The van der Waals surface area contributed by atoms with Gasteiger partial charge in [0.15, 0.2) is 0 Å². The Labute approximate surface area is 101 Å². The topological polar surface area (TPSA) is 62.1 Å². The highest BCUT2D eigenvalue weighted by molar-refractivity contribution is 5.79. The van der Waals surface area contributed by atoms with Crippen molar-refractivity contribution in [2.45, 2.75) is 20.3 Å². The van der Waals surface area contributed by atoms with Crippen LogP contribution in [0.25, 0.3) is 0 Å². The summed E-state index contributed by atoms with van der Waals surface area (Å²) in [6, 6.07) is 5.81. The van der Waals surface area contributed by atoms with Crippen molar-refractivity contribution < 1.29 is 9.53 Å². The van der Waals surface area contributed by atoms with Crippen molar-refractivity contribution in [3.8, 4) is 11.8 Å². The third-order valence-electron chi connectivity index (χ3n) is 2.42. The summed E-state index contributed by atoms with van der Waals surface area (Å²) in [5.74, 6) is 0.567. The standard InChI is InChI=1S/C13H16N2O2/c1-9-6-10(2)13(17-3)11(7-9)8-12(16)15-5-4-14/h6-7H,5,8H2,1-3H3,(H,15,16). The van der Waals surface area contributed by atoms with Crippen molar-refractivity contribution in [3.05, 3.63) is 28.8 Å². The van der Waals surface area contributed by atoms with E-state index in [2.05, 4.69) is 5.32 Å². The van der Waals surface area contributed by atoms with Crippen molar-refractivity contribution >= 4 is 5.91 Å². The SMILES string of the molecule is COc1c(C)cc(C)cc1CC(=O)NCC#N. The summed E-state index contributed by atoms with van der Waals surface area (Å²) in [6.45, 7) is 3.96. The Morgan fingerprint density at radius 3 is 2.76 bits per heavy atom. The number of benzene rings is 1. The van der Waals surface area contributed by atoms with Crippen LogP contribution in [-0.2, 0) is 11.2 Å². The first-order valence-corrected chi connectivity index (χ1v) is 5.36. The van der Waals surface area contributed by atoms with Crippen LogP contribution < -0.4 is 10.1 Å². The third-order valence-corrected chi connectivity index (χ3v) is 2.42. The molecular formula is C13H16N2O2. The number of nitriles is 1. The third kappa shape index (κ3) is 3.49. The highest BCUT2D eigenvalue weighted by Crippen LogP contribution is 2.25. The molecule has 1 aromatic rings. The van der Waals surface area contributed by atoms with Crippen LogP contribution in [0, 0.1) is 25.2 Å². The summed E-state index contributed by atoms with van der Waals surface area (Å²) in [6.07, 6.45) is 0.230. The van der Waals surface area contributed by atoms with E-state index in [4.69, 9.17) is 10.00 Å². The number of carbonyl (C=O) groups is 1. The van der Waals surface area contributed by atoms with Crippen molar-refractivity contribution in [2.75, 3.05) is 13.7 Å². The summed E-state index contributed by atoms with van der Waals surface area (Å²) in [7, 11) is 1.59. The predicted molar refractivity (Wildman–Crippen MR) is 64.8 cm³/mol. The Morgan fingerprint density at radius 1 is 1.47 bits per heavy atom. The highest BCUT2D eigenvalue weighted by Gasteiger charge is 2.11. The lowest BCUT2D eigenvalue weighted by molar-refractivity contribution is -0.120. The molecule has 0 heterocycles. The van der Waals surface area contributed by atoms with Gasteiger partial charge in [0.2, 0.25) is 5.91 Å². The molecule has 4 nitrogen and oxygen atoms in total. The van der Waals surface area contributed by atoms with Gasteiger partial charge in [-0.15, -0.1) is 0 Å². The number of aryl methyl sites for hydroxylation is 2. The molecule has 90 valence electrons. The summed E-state index contributed by atoms with van der Waals surface area (Å²) in [5, 5.41) is 10.9. The van der Waals surface area contributed by atoms with Gasteiger partial charge in [0.05, 0.1) is 19.6 Å². The summed E-state index contributed by atoms with van der Waals surface area (Å²) < 4.78 is 5.29. The van der Waals surface area contributed by atoms with Gasteiger partial charge in [-0.05, 0) is 19.4 Å². The maximum Gasteiger partial charge on any atom is 0.225 e. The molecule has 1 N–H and O–H groups in total. The minimum absolute atomic E-state index is 0.0337. The van der Waals surface area contributed by atoms with Crippen LogP contribution in [0.5, 0.6) is 5.75 Å². The highest BCUT2D eigenvalue weighted by atomic mass is 16.5. The number of amides is 1. The van der Waals surface area contributed by atoms with Crippen molar-refractivity contribution in [3.63, 3.8) is 0 Å². The number of carbonyl (C=O) groups excluding carboxylic acids is 1. The Morgan fingerprint density at radius 2 is 2.18 bits per heavy atom. The van der Waals surface area contributed by atoms with Crippen LogP contribution in [0.2, 0.25) is 0 Å². The number of ether oxygens (including phenoxy) is 1. The van der Waals surface area contributed by atoms with E-state index in [1.807, 2.05) is 32.0 Å². The van der Waals surface area contributed by atoms with E-state index < -0.39 is 0 Å². The maximum atomic E-state index is 11.5. The molecule has 0 bridgehead atoms. The molecule has 1 aromatic carbocycles. The van der Waals surface area contributed by atoms with Gasteiger partial charge in [0, 0.05) is 5.56 Å². The zero-order valence-corrected chi connectivity index (χ0v) is 10.3. The quantitative estimate of drug-likeness (QED) is 0.800. The second-order valence-electron chi connectivity index (χ2n) is 3.89. The average molecular weight is 232 g/mol. The zero-order chi connectivity index (χ0) is 12.8. The van der Waals surface area contributed by atoms with E-state index in [0.29, 0.717) is 0 Å². The first-order chi connectivity index (χ1) is 8.08. The van der Waals surface area contributed by atoms with Crippen LogP contribution in [0.15, 0.2) is 12.1 Å². The van der Waals surface area contributed by atoms with Crippen LogP contribution in [0.3, 0.4) is 0 Å². The molecule has 1 rings (SSSR count). The molecule has 0 saturated heterocycles. The molecule has 0 spiro atoms. The van der Waals surface area contributed by atoms with Gasteiger partial charge in [0.1, 0.15) is 12.3 Å². The maximum absolute atomic E-state index is 11.5. The Kier molecular flexibility index (Phi) is 4.53. The predicted octanol–water partition coefficient (Wildman–Crippen LogP) is 1.49. The molecule has 0 fully saturated rings. The monoisotopic (exact) mass is 232 g/mol. The van der Waals surface area contributed by atoms with E-state index >= 15 is 0 Å². The fourth-order valence-corrected chi connectivity index (χ4v) is 1.84. The molecule has 4 heteroatoms. The van der Waals surface area contributed by atoms with E-state index in [0.717, 1.165) is 22.4 Å². The molecule has 0 saturated carbocycles.